The number of hydrogen-bond acceptors (Lipinski definition) is 11. The monoisotopic (exact) mass is 766 g/mol. The number of carbonyl (C=O) groups is 2. The van der Waals surface area contributed by atoms with Crippen LogP contribution in [0.5, 0.6) is 0 Å². The highest BCUT2D eigenvalue weighted by Gasteiger charge is 2.27. The summed E-state index contributed by atoms with van der Waals surface area (Å²) in [5.41, 5.74) is 0. The molecule has 0 saturated carbocycles. The normalized spacial score (nSPS) is 15.4. The van der Waals surface area contributed by atoms with Crippen molar-refractivity contribution < 1.29 is 58.0 Å². The predicted molar refractivity (Wildman–Crippen MR) is 204 cm³/mol. The van der Waals surface area contributed by atoms with Crippen LogP contribution < -0.4 is 0 Å². The van der Waals surface area contributed by atoms with E-state index in [0.29, 0.717) is 25.7 Å². The second-order valence-electron chi connectivity index (χ2n) is 14.4. The minimum Gasteiger partial charge on any atom is -0.462 e. The molecule has 0 saturated heterocycles. The van der Waals surface area contributed by atoms with Gasteiger partial charge >= 0.3 is 19.8 Å². The molecule has 0 aromatic rings. The molecule has 0 aliphatic carbocycles. The lowest BCUT2D eigenvalue weighted by molar-refractivity contribution is -0.161. The van der Waals surface area contributed by atoms with Crippen LogP contribution in [-0.2, 0) is 32.7 Å². The van der Waals surface area contributed by atoms with E-state index in [1.54, 1.807) is 0 Å². The Bertz CT molecular complexity index is 931. The van der Waals surface area contributed by atoms with E-state index in [0.717, 1.165) is 63.7 Å². The molecule has 12 nitrogen and oxygen atoms in total. The van der Waals surface area contributed by atoms with Gasteiger partial charge in [-0.2, -0.15) is 0 Å². The fourth-order valence-corrected chi connectivity index (χ4v) is 6.28. The van der Waals surface area contributed by atoms with Crippen molar-refractivity contribution >= 4 is 19.8 Å². The lowest BCUT2D eigenvalue weighted by Crippen LogP contribution is -2.29. The molecule has 0 radical (unpaired) electrons. The van der Waals surface area contributed by atoms with Gasteiger partial charge in [-0.1, -0.05) is 129 Å². The van der Waals surface area contributed by atoms with Crippen LogP contribution in [-0.4, -0.2) is 88.1 Å². The Morgan fingerprint density at radius 2 is 1.19 bits per heavy atom. The van der Waals surface area contributed by atoms with Crippen LogP contribution in [0, 0.1) is 5.92 Å². The number of aliphatic hydroxyl groups is 4. The summed E-state index contributed by atoms with van der Waals surface area (Å²) in [6.45, 7) is 4.42. The topological polar surface area (TPSA) is 189 Å². The van der Waals surface area contributed by atoms with E-state index >= 15 is 0 Å². The third-order valence-corrected chi connectivity index (χ3v) is 9.75. The average Bonchev–Trinajstić information content (AvgIpc) is 3.11. The molecule has 0 rings (SSSR count). The molecule has 5 atom stereocenters. The van der Waals surface area contributed by atoms with E-state index < -0.39 is 64.0 Å². The van der Waals surface area contributed by atoms with Crippen LogP contribution in [0.3, 0.4) is 0 Å². The number of unbranched alkanes of at least 4 members (excludes halogenated alkanes) is 15. The molecule has 0 amide bonds. The molecule has 0 spiro atoms. The van der Waals surface area contributed by atoms with Gasteiger partial charge in [0.05, 0.1) is 32.0 Å². The third-order valence-electron chi connectivity index (χ3n) is 8.80. The number of carbonyl (C=O) groups excluding carboxylic acids is 2. The van der Waals surface area contributed by atoms with Gasteiger partial charge < -0.3 is 34.8 Å². The van der Waals surface area contributed by atoms with Crippen LogP contribution in [0.25, 0.3) is 0 Å². The van der Waals surface area contributed by atoms with Crippen molar-refractivity contribution in [2.24, 2.45) is 5.92 Å². The largest absolute Gasteiger partial charge is 0.472 e. The summed E-state index contributed by atoms with van der Waals surface area (Å²) in [5.74, 6) is -0.268. The van der Waals surface area contributed by atoms with Gasteiger partial charge in [0.15, 0.2) is 6.10 Å². The van der Waals surface area contributed by atoms with E-state index in [2.05, 4.69) is 31.4 Å². The van der Waals surface area contributed by atoms with Crippen molar-refractivity contribution in [3.05, 3.63) is 12.2 Å². The number of hydrogen-bond donors (Lipinski definition) is 5. The number of phosphoric acid groups is 1. The summed E-state index contributed by atoms with van der Waals surface area (Å²) < 4.78 is 32.5. The standard InChI is InChI=1S/C39H75O12P/c1-4-5-6-7-15-20-25-36(42)37(43)26-21-16-13-18-23-28-39(45)51-35(32-50-52(46,47)49-30-34(41)29-40)31-48-38(44)27-22-17-12-10-8-9-11-14-19-24-33(2)3/h15,20,33-37,40-43H,4-14,16-19,21-32H2,1-3H3,(H,46,47)/b20-15-/t34-,35+,36-,37-/m0/s1. The zero-order valence-electron chi connectivity index (χ0n) is 32.7. The van der Waals surface area contributed by atoms with Gasteiger partial charge in [0, 0.05) is 12.8 Å². The Morgan fingerprint density at radius 1 is 0.654 bits per heavy atom. The molecule has 0 aliphatic heterocycles. The van der Waals surface area contributed by atoms with Crippen LogP contribution in [0.4, 0.5) is 0 Å². The molecule has 0 fully saturated rings. The van der Waals surface area contributed by atoms with Gasteiger partial charge in [-0.25, -0.2) is 4.57 Å². The molecule has 13 heteroatoms. The number of aliphatic hydroxyl groups excluding tert-OH is 4. The highest BCUT2D eigenvalue weighted by atomic mass is 31.2. The summed E-state index contributed by atoms with van der Waals surface area (Å²) >= 11 is 0. The first-order valence-corrected chi connectivity index (χ1v) is 21.7. The van der Waals surface area contributed by atoms with E-state index in [1.165, 1.54) is 51.4 Å². The highest BCUT2D eigenvalue weighted by molar-refractivity contribution is 7.47. The summed E-state index contributed by atoms with van der Waals surface area (Å²) in [6.07, 6.45) is 20.7. The first-order valence-electron chi connectivity index (χ1n) is 20.2. The van der Waals surface area contributed by atoms with Crippen LogP contribution in [0.15, 0.2) is 12.2 Å². The van der Waals surface area contributed by atoms with Crippen molar-refractivity contribution in [1.29, 1.82) is 0 Å². The summed E-state index contributed by atoms with van der Waals surface area (Å²) in [4.78, 5) is 34.9. The van der Waals surface area contributed by atoms with E-state index in [1.807, 2.05) is 6.08 Å². The lowest BCUT2D eigenvalue weighted by atomic mass is 10.0. The summed E-state index contributed by atoms with van der Waals surface area (Å²) in [6, 6.07) is 0. The number of allylic oxidation sites excluding steroid dienone is 1. The van der Waals surface area contributed by atoms with Gasteiger partial charge in [-0.3, -0.25) is 18.6 Å². The Kier molecular flexibility index (Phi) is 33.2. The molecule has 1 unspecified atom stereocenters. The van der Waals surface area contributed by atoms with Crippen molar-refractivity contribution in [1.82, 2.24) is 0 Å². The van der Waals surface area contributed by atoms with Gasteiger partial charge in [-0.05, 0) is 44.4 Å². The van der Waals surface area contributed by atoms with Crippen molar-refractivity contribution in [3.8, 4) is 0 Å². The minimum atomic E-state index is -4.65. The molecule has 308 valence electrons. The van der Waals surface area contributed by atoms with Crippen molar-refractivity contribution in [2.45, 2.75) is 193 Å². The number of esters is 2. The first kappa shape index (κ1) is 50.6. The second kappa shape index (κ2) is 34.1. The summed E-state index contributed by atoms with van der Waals surface area (Å²) in [7, 11) is -4.65. The Hall–Kier alpha value is -1.37. The second-order valence-corrected chi connectivity index (χ2v) is 15.9. The molecular weight excluding hydrogens is 691 g/mol. The molecule has 0 heterocycles. The molecule has 5 N–H and O–H groups in total. The van der Waals surface area contributed by atoms with E-state index in [-0.39, 0.29) is 19.4 Å². The Labute approximate surface area is 314 Å². The Balaban J connectivity index is 4.46. The fraction of sp³-hybridized carbons (Fsp3) is 0.897. The quantitative estimate of drug-likeness (QED) is 0.0178. The highest BCUT2D eigenvalue weighted by Crippen LogP contribution is 2.43. The minimum absolute atomic E-state index is 0.0876. The van der Waals surface area contributed by atoms with Crippen LogP contribution in [0.1, 0.15) is 168 Å². The number of ether oxygens (including phenoxy) is 2. The Morgan fingerprint density at radius 3 is 1.77 bits per heavy atom. The maximum absolute atomic E-state index is 12.6. The first-order chi connectivity index (χ1) is 24.9. The molecule has 52 heavy (non-hydrogen) atoms. The smallest absolute Gasteiger partial charge is 0.462 e. The van der Waals surface area contributed by atoms with Crippen LogP contribution >= 0.6 is 7.82 Å². The van der Waals surface area contributed by atoms with Crippen LogP contribution in [0.2, 0.25) is 0 Å². The van der Waals surface area contributed by atoms with Gasteiger partial charge in [-0.15, -0.1) is 0 Å². The van der Waals surface area contributed by atoms with Crippen molar-refractivity contribution in [3.63, 3.8) is 0 Å². The number of phosphoric ester groups is 1. The van der Waals surface area contributed by atoms with E-state index in [9.17, 15) is 34.4 Å². The predicted octanol–water partition coefficient (Wildman–Crippen LogP) is 7.85. The van der Waals surface area contributed by atoms with Gasteiger partial charge in [0.1, 0.15) is 12.7 Å². The molecule has 0 aliphatic rings. The molecule has 0 aromatic carbocycles. The lowest BCUT2D eigenvalue weighted by Gasteiger charge is -2.20. The summed E-state index contributed by atoms with van der Waals surface area (Å²) in [5, 5.41) is 38.7. The number of rotatable bonds is 37. The van der Waals surface area contributed by atoms with Gasteiger partial charge in [0.25, 0.3) is 0 Å². The van der Waals surface area contributed by atoms with E-state index in [4.69, 9.17) is 19.1 Å². The SMILES string of the molecule is CCCCC/C=C\C[C@H](O)[C@@H](O)CCCCCCCC(=O)O[C@H](COC(=O)CCCCCCCCCCCC(C)C)COP(=O)(O)OC[C@@H](O)CO. The maximum atomic E-state index is 12.6. The maximum Gasteiger partial charge on any atom is 0.472 e. The average molecular weight is 767 g/mol. The zero-order valence-corrected chi connectivity index (χ0v) is 33.6. The van der Waals surface area contributed by atoms with Crippen molar-refractivity contribution in [2.75, 3.05) is 26.4 Å². The third kappa shape index (κ3) is 33.2. The fourth-order valence-electron chi connectivity index (χ4n) is 5.49. The zero-order chi connectivity index (χ0) is 38.9. The molecular formula is C39H75O12P. The molecule has 0 bridgehead atoms. The molecule has 0 aromatic heterocycles. The van der Waals surface area contributed by atoms with Gasteiger partial charge in [0.2, 0.25) is 0 Å².